The van der Waals surface area contributed by atoms with E-state index >= 15 is 0 Å². The average molecular weight is 412 g/mol. The van der Waals surface area contributed by atoms with Crippen LogP contribution in [-0.2, 0) is 10.0 Å². The molecule has 3 aromatic heterocycles. The Morgan fingerprint density at radius 3 is 2.54 bits per heavy atom. The van der Waals surface area contributed by atoms with Gasteiger partial charge in [0.25, 0.3) is 10.0 Å². The molecule has 0 amide bonds. The van der Waals surface area contributed by atoms with E-state index in [-0.39, 0.29) is 10.7 Å². The van der Waals surface area contributed by atoms with Crippen LogP contribution < -0.4 is 4.72 Å². The Morgan fingerprint density at radius 2 is 1.89 bits per heavy atom. The van der Waals surface area contributed by atoms with E-state index in [0.29, 0.717) is 22.7 Å². The number of hydrogen-bond acceptors (Lipinski definition) is 5. The minimum Gasteiger partial charge on any atom is -0.295 e. The van der Waals surface area contributed by atoms with Gasteiger partial charge in [-0.2, -0.15) is 0 Å². The molecular weight excluding hydrogens is 394 g/mol. The standard InChI is InChI=1S/C20H17N3O3S2/c1-13-9-10-23-18(12-13)21-19(17-4-3-11-27-17)20(23)22-28(25,26)16-7-5-15(6-8-16)14(2)24/h3-12,22H,1-2H3. The molecule has 0 spiro atoms. The summed E-state index contributed by atoms with van der Waals surface area (Å²) in [6.07, 6.45) is 1.80. The number of hydrogen-bond donors (Lipinski definition) is 1. The number of anilines is 1. The maximum atomic E-state index is 13.0. The fraction of sp³-hybridized carbons (Fsp3) is 0.100. The van der Waals surface area contributed by atoms with Crippen LogP contribution in [-0.4, -0.2) is 23.6 Å². The number of pyridine rings is 1. The summed E-state index contributed by atoms with van der Waals surface area (Å²) in [6.45, 7) is 3.40. The zero-order valence-corrected chi connectivity index (χ0v) is 16.8. The smallest absolute Gasteiger partial charge is 0.263 e. The van der Waals surface area contributed by atoms with Crippen molar-refractivity contribution in [3.05, 3.63) is 71.2 Å². The highest BCUT2D eigenvalue weighted by Gasteiger charge is 2.22. The first-order valence-electron chi connectivity index (χ1n) is 8.51. The zero-order valence-electron chi connectivity index (χ0n) is 15.2. The van der Waals surface area contributed by atoms with Crippen LogP contribution in [0.2, 0.25) is 0 Å². The lowest BCUT2D eigenvalue weighted by molar-refractivity contribution is 0.101. The second-order valence-corrected chi connectivity index (χ2v) is 9.03. The predicted molar refractivity (Wildman–Crippen MR) is 110 cm³/mol. The third-order valence-corrected chi connectivity index (χ3v) is 6.57. The fourth-order valence-corrected chi connectivity index (χ4v) is 4.66. The molecule has 0 unspecified atom stereocenters. The van der Waals surface area contributed by atoms with Crippen molar-refractivity contribution in [1.29, 1.82) is 0 Å². The number of nitrogens with zero attached hydrogens (tertiary/aromatic N) is 2. The number of thiophene rings is 1. The summed E-state index contributed by atoms with van der Waals surface area (Å²) in [5, 5.41) is 1.92. The van der Waals surface area contributed by atoms with Crippen molar-refractivity contribution in [2.45, 2.75) is 18.7 Å². The third kappa shape index (κ3) is 3.32. The maximum Gasteiger partial charge on any atom is 0.263 e. The van der Waals surface area contributed by atoms with Crippen LogP contribution in [0.4, 0.5) is 5.82 Å². The second kappa shape index (κ2) is 6.88. The number of carbonyl (C=O) groups excluding carboxylic acids is 1. The van der Waals surface area contributed by atoms with Crippen molar-refractivity contribution >= 4 is 38.6 Å². The van der Waals surface area contributed by atoms with E-state index in [9.17, 15) is 13.2 Å². The number of rotatable bonds is 5. The maximum absolute atomic E-state index is 13.0. The number of sulfonamides is 1. The number of nitrogens with one attached hydrogen (secondary N) is 1. The normalized spacial score (nSPS) is 11.6. The van der Waals surface area contributed by atoms with E-state index in [1.165, 1.54) is 42.5 Å². The Morgan fingerprint density at radius 1 is 1.14 bits per heavy atom. The molecule has 0 atom stereocenters. The molecule has 0 bridgehead atoms. The average Bonchev–Trinajstić information content (AvgIpc) is 3.29. The topological polar surface area (TPSA) is 80.5 Å². The number of imidazole rings is 1. The lowest BCUT2D eigenvalue weighted by atomic mass is 10.2. The van der Waals surface area contributed by atoms with Crippen LogP contribution in [0.25, 0.3) is 16.2 Å². The molecular formula is C20H17N3O3S2. The molecule has 3 heterocycles. The van der Waals surface area contributed by atoms with Crippen molar-refractivity contribution in [3.63, 3.8) is 0 Å². The highest BCUT2D eigenvalue weighted by atomic mass is 32.2. The van der Waals surface area contributed by atoms with Gasteiger partial charge in [0.05, 0.1) is 9.77 Å². The lowest BCUT2D eigenvalue weighted by Crippen LogP contribution is -2.15. The molecule has 142 valence electrons. The van der Waals surface area contributed by atoms with E-state index in [1.807, 2.05) is 36.6 Å². The summed E-state index contributed by atoms with van der Waals surface area (Å²) < 4.78 is 30.4. The van der Waals surface area contributed by atoms with Gasteiger partial charge in [0.2, 0.25) is 0 Å². The molecule has 0 saturated carbocycles. The van der Waals surface area contributed by atoms with E-state index in [1.54, 1.807) is 10.6 Å². The Kier molecular flexibility index (Phi) is 4.52. The van der Waals surface area contributed by atoms with Crippen LogP contribution >= 0.6 is 11.3 Å². The Labute approximate surface area is 166 Å². The molecule has 0 saturated heterocycles. The quantitative estimate of drug-likeness (QED) is 0.494. The van der Waals surface area contributed by atoms with Gasteiger partial charge in [-0.3, -0.25) is 13.9 Å². The van der Waals surface area contributed by atoms with Crippen molar-refractivity contribution in [2.24, 2.45) is 0 Å². The third-order valence-electron chi connectivity index (χ3n) is 4.34. The summed E-state index contributed by atoms with van der Waals surface area (Å²) >= 11 is 1.49. The lowest BCUT2D eigenvalue weighted by Gasteiger charge is -2.10. The summed E-state index contributed by atoms with van der Waals surface area (Å²) in [7, 11) is -3.86. The van der Waals surface area contributed by atoms with Crippen LogP contribution in [0.3, 0.4) is 0 Å². The van der Waals surface area contributed by atoms with E-state index in [0.717, 1.165) is 10.4 Å². The molecule has 1 aromatic carbocycles. The van der Waals surface area contributed by atoms with Gasteiger partial charge in [-0.15, -0.1) is 11.3 Å². The van der Waals surface area contributed by atoms with Gasteiger partial charge >= 0.3 is 0 Å². The van der Waals surface area contributed by atoms with E-state index < -0.39 is 10.0 Å². The van der Waals surface area contributed by atoms with Gasteiger partial charge in [0.1, 0.15) is 11.3 Å². The van der Waals surface area contributed by atoms with Crippen molar-refractivity contribution in [2.75, 3.05) is 4.72 Å². The van der Waals surface area contributed by atoms with E-state index in [4.69, 9.17) is 0 Å². The number of fused-ring (bicyclic) bond motifs is 1. The largest absolute Gasteiger partial charge is 0.295 e. The zero-order chi connectivity index (χ0) is 19.9. The van der Waals surface area contributed by atoms with Crippen molar-refractivity contribution in [1.82, 2.24) is 9.38 Å². The minimum absolute atomic E-state index is 0.0803. The van der Waals surface area contributed by atoms with Crippen LogP contribution in [0.15, 0.2) is 65.0 Å². The second-order valence-electron chi connectivity index (χ2n) is 6.40. The van der Waals surface area contributed by atoms with Crippen LogP contribution in [0, 0.1) is 6.92 Å². The first-order valence-corrected chi connectivity index (χ1v) is 10.9. The highest BCUT2D eigenvalue weighted by molar-refractivity contribution is 7.92. The highest BCUT2D eigenvalue weighted by Crippen LogP contribution is 2.33. The SMILES string of the molecule is CC(=O)c1ccc(S(=O)(=O)Nc2c(-c3cccs3)nc3cc(C)ccn23)cc1. The molecule has 0 aliphatic carbocycles. The Hall–Kier alpha value is -2.97. The molecule has 8 heteroatoms. The minimum atomic E-state index is -3.86. The molecule has 1 N–H and O–H groups in total. The molecule has 4 aromatic rings. The van der Waals surface area contributed by atoms with Gasteiger partial charge in [0.15, 0.2) is 11.6 Å². The van der Waals surface area contributed by atoms with Crippen molar-refractivity contribution in [3.8, 4) is 10.6 Å². The van der Waals surface area contributed by atoms with Gasteiger partial charge in [-0.05, 0) is 55.1 Å². The number of Topliss-reactive ketones (excluding diaryl/α,β-unsaturated/α-hetero) is 1. The predicted octanol–water partition coefficient (Wildman–Crippen LogP) is 4.37. The number of benzene rings is 1. The van der Waals surface area contributed by atoms with Gasteiger partial charge in [-0.1, -0.05) is 18.2 Å². The van der Waals surface area contributed by atoms with Crippen LogP contribution in [0.5, 0.6) is 0 Å². The molecule has 0 aliphatic heterocycles. The molecule has 28 heavy (non-hydrogen) atoms. The molecule has 4 rings (SSSR count). The molecule has 0 radical (unpaired) electrons. The first kappa shape index (κ1) is 18.4. The monoisotopic (exact) mass is 411 g/mol. The Balaban J connectivity index is 1.82. The molecule has 0 fully saturated rings. The van der Waals surface area contributed by atoms with Gasteiger partial charge in [0, 0.05) is 11.8 Å². The van der Waals surface area contributed by atoms with Gasteiger partial charge in [-0.25, -0.2) is 13.4 Å². The summed E-state index contributed by atoms with van der Waals surface area (Å²) in [6, 6.07) is 13.5. The number of aromatic nitrogens is 2. The number of aryl methyl sites for hydroxylation is 1. The van der Waals surface area contributed by atoms with Crippen LogP contribution in [0.1, 0.15) is 22.8 Å². The molecule has 6 nitrogen and oxygen atoms in total. The van der Waals surface area contributed by atoms with Gasteiger partial charge < -0.3 is 0 Å². The first-order chi connectivity index (χ1) is 13.3. The summed E-state index contributed by atoms with van der Waals surface area (Å²) in [5.41, 5.74) is 2.73. The fourth-order valence-electron chi connectivity index (χ4n) is 2.88. The van der Waals surface area contributed by atoms with Crippen molar-refractivity contribution < 1.29 is 13.2 Å². The molecule has 0 aliphatic rings. The Bertz CT molecular complexity index is 1270. The summed E-state index contributed by atoms with van der Waals surface area (Å²) in [5.74, 6) is 0.266. The summed E-state index contributed by atoms with van der Waals surface area (Å²) in [4.78, 5) is 17.0. The van der Waals surface area contributed by atoms with E-state index in [2.05, 4.69) is 9.71 Å². The number of ketones is 1. The number of carbonyl (C=O) groups is 1.